The van der Waals surface area contributed by atoms with Crippen LogP contribution in [0.4, 0.5) is 0 Å². The van der Waals surface area contributed by atoms with Crippen LogP contribution >= 0.6 is 0 Å². The Balaban J connectivity index is 1.90. The maximum atomic E-state index is 9.99. The average molecular weight is 283 g/mol. The van der Waals surface area contributed by atoms with Gasteiger partial charge >= 0.3 is 0 Å². The fraction of sp³-hybridized carbons (Fsp3) is 0.368. The topological polar surface area (TPSA) is 32.3 Å². The lowest BCUT2D eigenvalue weighted by molar-refractivity contribution is 0.425. The SMILES string of the molecule is Cc1ccc(O)c(C(C)NC(C)CCc2ccccc2)c1. The van der Waals surface area contributed by atoms with Crippen LogP contribution in [-0.2, 0) is 6.42 Å². The van der Waals surface area contributed by atoms with Crippen molar-refractivity contribution in [2.75, 3.05) is 0 Å². The van der Waals surface area contributed by atoms with Crippen molar-refractivity contribution in [2.45, 2.75) is 45.7 Å². The van der Waals surface area contributed by atoms with Crippen LogP contribution in [0.5, 0.6) is 5.75 Å². The minimum atomic E-state index is 0.149. The van der Waals surface area contributed by atoms with E-state index < -0.39 is 0 Å². The molecule has 2 aromatic rings. The van der Waals surface area contributed by atoms with Crippen LogP contribution in [0.3, 0.4) is 0 Å². The summed E-state index contributed by atoms with van der Waals surface area (Å²) >= 11 is 0. The van der Waals surface area contributed by atoms with Crippen molar-refractivity contribution in [3.8, 4) is 5.75 Å². The second-order valence-corrected chi connectivity index (χ2v) is 5.88. The Morgan fingerprint density at radius 1 is 1.05 bits per heavy atom. The van der Waals surface area contributed by atoms with Gasteiger partial charge in [-0.1, -0.05) is 48.0 Å². The molecule has 0 aliphatic carbocycles. The maximum Gasteiger partial charge on any atom is 0.120 e. The van der Waals surface area contributed by atoms with Gasteiger partial charge in [-0.3, -0.25) is 0 Å². The highest BCUT2D eigenvalue weighted by atomic mass is 16.3. The van der Waals surface area contributed by atoms with Crippen molar-refractivity contribution in [2.24, 2.45) is 0 Å². The number of benzene rings is 2. The normalized spacial score (nSPS) is 13.9. The molecule has 0 aliphatic rings. The fourth-order valence-corrected chi connectivity index (χ4v) is 2.65. The molecule has 0 aromatic heterocycles. The number of phenolic OH excluding ortho intramolecular Hbond substituents is 1. The Kier molecular flexibility index (Phi) is 5.40. The quantitative estimate of drug-likeness (QED) is 0.825. The van der Waals surface area contributed by atoms with Crippen molar-refractivity contribution >= 4 is 0 Å². The molecule has 2 N–H and O–H groups in total. The summed E-state index contributed by atoms with van der Waals surface area (Å²) in [5, 5.41) is 13.6. The first kappa shape index (κ1) is 15.6. The lowest BCUT2D eigenvalue weighted by Gasteiger charge is -2.21. The van der Waals surface area contributed by atoms with Gasteiger partial charge in [0.1, 0.15) is 5.75 Å². The molecule has 2 aromatic carbocycles. The molecule has 0 bridgehead atoms. The largest absolute Gasteiger partial charge is 0.508 e. The van der Waals surface area contributed by atoms with E-state index >= 15 is 0 Å². The zero-order valence-corrected chi connectivity index (χ0v) is 13.1. The molecule has 2 nitrogen and oxygen atoms in total. The average Bonchev–Trinajstić information content (AvgIpc) is 2.48. The van der Waals surface area contributed by atoms with Gasteiger partial charge in [0, 0.05) is 17.6 Å². The highest BCUT2D eigenvalue weighted by molar-refractivity contribution is 5.37. The predicted octanol–water partition coefficient (Wildman–Crippen LogP) is 4.37. The molecule has 0 fully saturated rings. The maximum absolute atomic E-state index is 9.99. The molecule has 0 saturated heterocycles. The van der Waals surface area contributed by atoms with Gasteiger partial charge < -0.3 is 10.4 Å². The monoisotopic (exact) mass is 283 g/mol. The minimum Gasteiger partial charge on any atom is -0.508 e. The first-order valence-electron chi connectivity index (χ1n) is 7.65. The lowest BCUT2D eigenvalue weighted by atomic mass is 10.0. The van der Waals surface area contributed by atoms with E-state index in [2.05, 4.69) is 56.4 Å². The second-order valence-electron chi connectivity index (χ2n) is 5.88. The predicted molar refractivity (Wildman–Crippen MR) is 88.6 cm³/mol. The van der Waals surface area contributed by atoms with E-state index in [4.69, 9.17) is 0 Å². The third-order valence-corrected chi connectivity index (χ3v) is 3.89. The van der Waals surface area contributed by atoms with Crippen molar-refractivity contribution < 1.29 is 5.11 Å². The lowest BCUT2D eigenvalue weighted by Crippen LogP contribution is -2.29. The summed E-state index contributed by atoms with van der Waals surface area (Å²) in [6.07, 6.45) is 2.16. The second kappa shape index (κ2) is 7.28. The Hall–Kier alpha value is -1.80. The van der Waals surface area contributed by atoms with E-state index in [1.54, 1.807) is 6.07 Å². The molecule has 0 spiro atoms. The van der Waals surface area contributed by atoms with Crippen LogP contribution in [0.2, 0.25) is 0 Å². The van der Waals surface area contributed by atoms with Gasteiger partial charge in [-0.05, 0) is 45.2 Å². The zero-order valence-electron chi connectivity index (χ0n) is 13.1. The summed E-state index contributed by atoms with van der Waals surface area (Å²) in [6.45, 7) is 6.36. The molecular formula is C19H25NO. The van der Waals surface area contributed by atoms with Crippen LogP contribution in [0.15, 0.2) is 48.5 Å². The Morgan fingerprint density at radius 2 is 1.76 bits per heavy atom. The first-order chi connectivity index (χ1) is 10.1. The third-order valence-electron chi connectivity index (χ3n) is 3.89. The summed E-state index contributed by atoms with van der Waals surface area (Å²) in [6, 6.07) is 16.9. The summed E-state index contributed by atoms with van der Waals surface area (Å²) < 4.78 is 0. The van der Waals surface area contributed by atoms with Crippen molar-refractivity contribution in [1.82, 2.24) is 5.32 Å². The molecule has 2 rings (SSSR count). The number of aryl methyl sites for hydroxylation is 2. The minimum absolute atomic E-state index is 0.149. The van der Waals surface area contributed by atoms with Gasteiger partial charge in [-0.25, -0.2) is 0 Å². The number of rotatable bonds is 6. The van der Waals surface area contributed by atoms with Crippen molar-refractivity contribution in [3.05, 3.63) is 65.2 Å². The third kappa shape index (κ3) is 4.61. The Bertz CT molecular complexity index is 565. The number of hydrogen-bond acceptors (Lipinski definition) is 2. The van der Waals surface area contributed by atoms with Gasteiger partial charge in [0.25, 0.3) is 0 Å². The molecule has 0 heterocycles. The molecule has 21 heavy (non-hydrogen) atoms. The Labute approximate surface area is 127 Å². The molecule has 2 heteroatoms. The molecule has 2 unspecified atom stereocenters. The zero-order chi connectivity index (χ0) is 15.2. The molecule has 0 radical (unpaired) electrons. The summed E-state index contributed by atoms with van der Waals surface area (Å²) in [5.41, 5.74) is 3.52. The van der Waals surface area contributed by atoms with Gasteiger partial charge in [0.15, 0.2) is 0 Å². The highest BCUT2D eigenvalue weighted by Gasteiger charge is 2.13. The van der Waals surface area contributed by atoms with Crippen LogP contribution in [0.1, 0.15) is 43.0 Å². The van der Waals surface area contributed by atoms with Gasteiger partial charge in [-0.2, -0.15) is 0 Å². The van der Waals surface area contributed by atoms with E-state index in [9.17, 15) is 5.11 Å². The standard InChI is InChI=1S/C19H25NO/c1-14-9-12-19(21)18(13-14)16(3)20-15(2)10-11-17-7-5-4-6-8-17/h4-9,12-13,15-16,20-21H,10-11H2,1-3H3. The number of aromatic hydroxyl groups is 1. The first-order valence-corrected chi connectivity index (χ1v) is 7.65. The van der Waals surface area contributed by atoms with Crippen LogP contribution < -0.4 is 5.32 Å². The summed E-state index contributed by atoms with van der Waals surface area (Å²) in [5.74, 6) is 0.371. The van der Waals surface area contributed by atoms with Crippen molar-refractivity contribution in [1.29, 1.82) is 0 Å². The molecule has 112 valence electrons. The number of phenols is 1. The smallest absolute Gasteiger partial charge is 0.120 e. The van der Waals surface area contributed by atoms with Crippen LogP contribution in [0, 0.1) is 6.92 Å². The van der Waals surface area contributed by atoms with Gasteiger partial charge in [0.05, 0.1) is 0 Å². The van der Waals surface area contributed by atoms with E-state index in [0.717, 1.165) is 18.4 Å². The van der Waals surface area contributed by atoms with Crippen molar-refractivity contribution in [3.63, 3.8) is 0 Å². The van der Waals surface area contributed by atoms with E-state index in [-0.39, 0.29) is 6.04 Å². The molecule has 0 aliphatic heterocycles. The number of nitrogens with one attached hydrogen (secondary N) is 1. The molecule has 0 amide bonds. The molecular weight excluding hydrogens is 258 g/mol. The summed E-state index contributed by atoms with van der Waals surface area (Å²) in [4.78, 5) is 0. The highest BCUT2D eigenvalue weighted by Crippen LogP contribution is 2.25. The van der Waals surface area contributed by atoms with Crippen LogP contribution in [0.25, 0.3) is 0 Å². The summed E-state index contributed by atoms with van der Waals surface area (Å²) in [7, 11) is 0. The Morgan fingerprint density at radius 3 is 2.48 bits per heavy atom. The molecule has 0 saturated carbocycles. The van der Waals surface area contributed by atoms with E-state index in [1.807, 2.05) is 12.1 Å². The van der Waals surface area contributed by atoms with Gasteiger partial charge in [-0.15, -0.1) is 0 Å². The van der Waals surface area contributed by atoms with E-state index in [1.165, 1.54) is 11.1 Å². The van der Waals surface area contributed by atoms with E-state index in [0.29, 0.717) is 11.8 Å². The van der Waals surface area contributed by atoms with Crippen LogP contribution in [-0.4, -0.2) is 11.1 Å². The molecule has 2 atom stereocenters. The fourth-order valence-electron chi connectivity index (χ4n) is 2.65. The van der Waals surface area contributed by atoms with Gasteiger partial charge in [0.2, 0.25) is 0 Å². The number of hydrogen-bond donors (Lipinski definition) is 2.